The highest BCUT2D eigenvalue weighted by Gasteiger charge is 2.41. The van der Waals surface area contributed by atoms with Gasteiger partial charge in [-0.05, 0) is 43.7 Å². The third-order valence-corrected chi connectivity index (χ3v) is 4.00. The van der Waals surface area contributed by atoms with Crippen molar-refractivity contribution in [3.05, 3.63) is 40.6 Å². The summed E-state index contributed by atoms with van der Waals surface area (Å²) in [7, 11) is 0. The number of rotatable bonds is 3. The van der Waals surface area contributed by atoms with E-state index < -0.39 is 23.7 Å². The second-order valence-corrected chi connectivity index (χ2v) is 5.78. The van der Waals surface area contributed by atoms with Crippen molar-refractivity contribution >= 4 is 0 Å². The molecule has 1 aliphatic rings. The lowest BCUT2D eigenvalue weighted by Crippen LogP contribution is -2.43. The van der Waals surface area contributed by atoms with E-state index in [0.29, 0.717) is 18.5 Å². The summed E-state index contributed by atoms with van der Waals surface area (Å²) in [6, 6.07) is 5.22. The van der Waals surface area contributed by atoms with Gasteiger partial charge in [0.05, 0.1) is 5.92 Å². The zero-order valence-corrected chi connectivity index (χ0v) is 12.6. The molecule has 1 fully saturated rings. The van der Waals surface area contributed by atoms with Gasteiger partial charge in [-0.15, -0.1) is 5.10 Å². The Bertz CT molecular complexity index is 751. The van der Waals surface area contributed by atoms with Gasteiger partial charge in [0.2, 0.25) is 5.89 Å². The van der Waals surface area contributed by atoms with Crippen molar-refractivity contribution in [1.82, 2.24) is 14.7 Å². The van der Waals surface area contributed by atoms with E-state index in [-0.39, 0.29) is 25.5 Å². The van der Waals surface area contributed by atoms with Crippen LogP contribution in [-0.2, 0) is 6.67 Å². The molecule has 0 radical (unpaired) electrons. The van der Waals surface area contributed by atoms with E-state index in [1.165, 1.54) is 29.2 Å². The fourth-order valence-electron chi connectivity index (χ4n) is 2.75. The van der Waals surface area contributed by atoms with Crippen LogP contribution in [0.4, 0.5) is 17.6 Å². The van der Waals surface area contributed by atoms with Crippen LogP contribution in [0.3, 0.4) is 0 Å². The van der Waals surface area contributed by atoms with Crippen LogP contribution in [0.15, 0.2) is 33.5 Å². The SMILES string of the molecule is O=c1oc(-c2ccc(F)cc2)nn1CN1CCC[C@H](C(F)(F)F)C1. The smallest absolute Gasteiger partial charge is 0.388 e. The van der Waals surface area contributed by atoms with Gasteiger partial charge in [-0.1, -0.05) is 0 Å². The fraction of sp³-hybridized carbons (Fsp3) is 0.467. The summed E-state index contributed by atoms with van der Waals surface area (Å²) in [5.41, 5.74) is 0.416. The summed E-state index contributed by atoms with van der Waals surface area (Å²) < 4.78 is 57.4. The number of piperidine rings is 1. The van der Waals surface area contributed by atoms with Crippen molar-refractivity contribution in [2.24, 2.45) is 5.92 Å². The zero-order valence-electron chi connectivity index (χ0n) is 12.6. The van der Waals surface area contributed by atoms with Gasteiger partial charge in [0.1, 0.15) is 12.5 Å². The van der Waals surface area contributed by atoms with Crippen molar-refractivity contribution < 1.29 is 22.0 Å². The molecule has 130 valence electrons. The molecule has 24 heavy (non-hydrogen) atoms. The number of alkyl halides is 3. The van der Waals surface area contributed by atoms with Crippen LogP contribution in [0.1, 0.15) is 12.8 Å². The standard InChI is InChI=1S/C15H15F4N3O2/c16-12-5-3-10(4-6-12)13-20-22(14(23)24-13)9-21-7-1-2-11(8-21)15(17,18)19/h3-6,11H,1-2,7-9H2/t11-/m0/s1. The lowest BCUT2D eigenvalue weighted by molar-refractivity contribution is -0.188. The fourth-order valence-corrected chi connectivity index (χ4v) is 2.75. The third kappa shape index (κ3) is 3.66. The maximum atomic E-state index is 12.9. The highest BCUT2D eigenvalue weighted by molar-refractivity contribution is 5.51. The Balaban J connectivity index is 1.74. The monoisotopic (exact) mass is 345 g/mol. The van der Waals surface area contributed by atoms with Gasteiger partial charge in [-0.3, -0.25) is 4.90 Å². The maximum absolute atomic E-state index is 12.9. The first-order valence-corrected chi connectivity index (χ1v) is 7.46. The van der Waals surface area contributed by atoms with Gasteiger partial charge < -0.3 is 4.42 Å². The lowest BCUT2D eigenvalue weighted by Gasteiger charge is -2.33. The summed E-state index contributed by atoms with van der Waals surface area (Å²) in [6.45, 7) is 0.211. The Morgan fingerprint density at radius 2 is 1.96 bits per heavy atom. The first-order chi connectivity index (χ1) is 11.3. The second-order valence-electron chi connectivity index (χ2n) is 5.78. The van der Waals surface area contributed by atoms with E-state index in [1.54, 1.807) is 0 Å². The van der Waals surface area contributed by atoms with Gasteiger partial charge in [0.25, 0.3) is 0 Å². The quantitative estimate of drug-likeness (QED) is 0.803. The summed E-state index contributed by atoms with van der Waals surface area (Å²) in [5.74, 6) is -2.59. The minimum atomic E-state index is -4.24. The van der Waals surface area contributed by atoms with Crippen LogP contribution in [0.2, 0.25) is 0 Å². The maximum Gasteiger partial charge on any atom is 0.438 e. The number of benzene rings is 1. The average Bonchev–Trinajstić information content (AvgIpc) is 2.88. The number of likely N-dealkylation sites (tertiary alicyclic amines) is 1. The van der Waals surface area contributed by atoms with Crippen molar-refractivity contribution in [3.8, 4) is 11.5 Å². The van der Waals surface area contributed by atoms with E-state index in [4.69, 9.17) is 4.42 Å². The van der Waals surface area contributed by atoms with Gasteiger partial charge in [-0.25, -0.2) is 9.18 Å². The molecule has 0 bridgehead atoms. The number of halogens is 4. The van der Waals surface area contributed by atoms with Gasteiger partial charge in [0, 0.05) is 12.1 Å². The largest absolute Gasteiger partial charge is 0.438 e. The predicted octanol–water partition coefficient (Wildman–Crippen LogP) is 2.87. The number of aromatic nitrogens is 2. The van der Waals surface area contributed by atoms with Crippen LogP contribution in [-0.4, -0.2) is 33.9 Å². The molecule has 2 heterocycles. The molecular formula is C15H15F4N3O2. The number of nitrogens with zero attached hydrogens (tertiary/aromatic N) is 3. The summed E-state index contributed by atoms with van der Waals surface area (Å²) >= 11 is 0. The zero-order chi connectivity index (χ0) is 17.3. The van der Waals surface area contributed by atoms with Crippen LogP contribution < -0.4 is 5.76 Å². The Kier molecular flexibility index (Phi) is 4.44. The van der Waals surface area contributed by atoms with Gasteiger partial charge in [-0.2, -0.15) is 17.9 Å². The second kappa shape index (κ2) is 6.39. The van der Waals surface area contributed by atoms with Crippen LogP contribution >= 0.6 is 0 Å². The summed E-state index contributed by atoms with van der Waals surface area (Å²) in [5, 5.41) is 3.98. The number of hydrogen-bond acceptors (Lipinski definition) is 4. The predicted molar refractivity (Wildman–Crippen MR) is 76.5 cm³/mol. The first-order valence-electron chi connectivity index (χ1n) is 7.46. The highest BCUT2D eigenvalue weighted by Crippen LogP contribution is 2.33. The molecule has 1 atom stereocenters. The molecule has 0 spiro atoms. The Morgan fingerprint density at radius 1 is 1.25 bits per heavy atom. The van der Waals surface area contributed by atoms with Crippen LogP contribution in [0.25, 0.3) is 11.5 Å². The van der Waals surface area contributed by atoms with Crippen LogP contribution in [0.5, 0.6) is 0 Å². The number of hydrogen-bond donors (Lipinski definition) is 0. The van der Waals surface area contributed by atoms with Crippen molar-refractivity contribution in [2.45, 2.75) is 25.7 Å². The van der Waals surface area contributed by atoms with Gasteiger partial charge >= 0.3 is 11.9 Å². The molecule has 0 aliphatic carbocycles. The molecule has 1 aliphatic heterocycles. The molecule has 1 saturated heterocycles. The van der Waals surface area contributed by atoms with E-state index >= 15 is 0 Å². The van der Waals surface area contributed by atoms with E-state index in [2.05, 4.69) is 5.10 Å². The minimum absolute atomic E-state index is 0.00406. The molecule has 2 aromatic rings. The third-order valence-electron chi connectivity index (χ3n) is 4.00. The van der Waals surface area contributed by atoms with Crippen molar-refractivity contribution in [1.29, 1.82) is 0 Å². The molecule has 0 amide bonds. The summed E-state index contributed by atoms with van der Waals surface area (Å²) in [6.07, 6.45) is -3.75. The highest BCUT2D eigenvalue weighted by atomic mass is 19.4. The molecule has 0 saturated carbocycles. The first kappa shape index (κ1) is 16.7. The van der Waals surface area contributed by atoms with E-state index in [1.807, 2.05) is 0 Å². The van der Waals surface area contributed by atoms with E-state index in [9.17, 15) is 22.4 Å². The van der Waals surface area contributed by atoms with Crippen LogP contribution in [0, 0.1) is 11.7 Å². The Labute approximate surface area is 134 Å². The molecule has 1 aromatic carbocycles. The van der Waals surface area contributed by atoms with Crippen molar-refractivity contribution in [2.75, 3.05) is 13.1 Å². The molecular weight excluding hydrogens is 330 g/mol. The van der Waals surface area contributed by atoms with Gasteiger partial charge in [0.15, 0.2) is 0 Å². The van der Waals surface area contributed by atoms with E-state index in [0.717, 1.165) is 4.68 Å². The molecule has 0 N–H and O–H groups in total. The molecule has 0 unspecified atom stereocenters. The molecule has 9 heteroatoms. The summed E-state index contributed by atoms with van der Waals surface area (Å²) in [4.78, 5) is 13.4. The average molecular weight is 345 g/mol. The Morgan fingerprint density at radius 3 is 2.62 bits per heavy atom. The normalized spacial score (nSPS) is 19.6. The molecule has 5 nitrogen and oxygen atoms in total. The lowest BCUT2D eigenvalue weighted by atomic mass is 9.98. The topological polar surface area (TPSA) is 51.3 Å². The Hall–Kier alpha value is -2.16. The minimum Gasteiger partial charge on any atom is -0.388 e. The van der Waals surface area contributed by atoms with Crippen molar-refractivity contribution in [3.63, 3.8) is 0 Å². The molecule has 3 rings (SSSR count). The molecule has 1 aromatic heterocycles.